The second-order valence-electron chi connectivity index (χ2n) is 4.35. The fourth-order valence-corrected chi connectivity index (χ4v) is 2.55. The van der Waals surface area contributed by atoms with Gasteiger partial charge in [0.2, 0.25) is 0 Å². The molecule has 1 fully saturated rings. The zero-order valence-corrected chi connectivity index (χ0v) is 9.89. The third kappa shape index (κ3) is 1.53. The standard InChI is InChI=1S/C12H11FN2OS/c13-8-5-2-6-9-10(8)11(16)15(12(17)14-9)7-3-1-4-7/h2,5-7H,1,3-4H2,(H,14,17). The van der Waals surface area contributed by atoms with Crippen molar-refractivity contribution in [1.82, 2.24) is 9.55 Å². The number of hydrogen-bond acceptors (Lipinski definition) is 2. The number of nitrogens with zero attached hydrogens (tertiary/aromatic N) is 1. The maximum atomic E-state index is 13.7. The summed E-state index contributed by atoms with van der Waals surface area (Å²) in [7, 11) is 0. The molecule has 88 valence electrons. The number of hydrogen-bond donors (Lipinski definition) is 1. The highest BCUT2D eigenvalue weighted by Gasteiger charge is 2.23. The predicted molar refractivity (Wildman–Crippen MR) is 66.2 cm³/mol. The maximum absolute atomic E-state index is 13.7. The quantitative estimate of drug-likeness (QED) is 0.790. The molecule has 1 aromatic heterocycles. The van der Waals surface area contributed by atoms with Gasteiger partial charge in [-0.25, -0.2) is 4.39 Å². The summed E-state index contributed by atoms with van der Waals surface area (Å²) in [5, 5.41) is 0.105. The lowest BCUT2D eigenvalue weighted by Gasteiger charge is -2.27. The Kier molecular flexibility index (Phi) is 2.36. The van der Waals surface area contributed by atoms with Crippen LogP contribution in [0.5, 0.6) is 0 Å². The van der Waals surface area contributed by atoms with Crippen molar-refractivity contribution >= 4 is 23.1 Å². The van der Waals surface area contributed by atoms with Gasteiger partial charge in [-0.3, -0.25) is 9.36 Å². The maximum Gasteiger partial charge on any atom is 0.265 e. The van der Waals surface area contributed by atoms with Crippen LogP contribution in [0.15, 0.2) is 23.0 Å². The summed E-state index contributed by atoms with van der Waals surface area (Å²) in [6.07, 6.45) is 2.98. The van der Waals surface area contributed by atoms with E-state index in [1.165, 1.54) is 10.6 Å². The van der Waals surface area contributed by atoms with Crippen LogP contribution in [0, 0.1) is 10.6 Å². The van der Waals surface area contributed by atoms with E-state index in [2.05, 4.69) is 4.98 Å². The molecule has 1 heterocycles. The fourth-order valence-electron chi connectivity index (χ4n) is 2.21. The molecule has 1 saturated carbocycles. The van der Waals surface area contributed by atoms with Crippen LogP contribution in [0.4, 0.5) is 4.39 Å². The average molecular weight is 250 g/mol. The van der Waals surface area contributed by atoms with Crippen LogP contribution in [0.3, 0.4) is 0 Å². The van der Waals surface area contributed by atoms with E-state index in [1.54, 1.807) is 12.1 Å². The molecule has 17 heavy (non-hydrogen) atoms. The second kappa shape index (κ2) is 3.77. The Hall–Kier alpha value is -1.49. The molecule has 1 aromatic carbocycles. The summed E-state index contributed by atoms with van der Waals surface area (Å²) in [6, 6.07) is 4.66. The zero-order valence-electron chi connectivity index (χ0n) is 9.07. The number of halogens is 1. The normalized spacial score (nSPS) is 16.1. The van der Waals surface area contributed by atoms with Crippen LogP contribution < -0.4 is 5.56 Å². The smallest absolute Gasteiger partial charge is 0.265 e. The van der Waals surface area contributed by atoms with Crippen molar-refractivity contribution in [2.24, 2.45) is 0 Å². The van der Waals surface area contributed by atoms with Crippen molar-refractivity contribution < 1.29 is 4.39 Å². The molecule has 3 nitrogen and oxygen atoms in total. The molecule has 0 amide bonds. The Morgan fingerprint density at radius 2 is 2.18 bits per heavy atom. The highest BCUT2D eigenvalue weighted by Crippen LogP contribution is 2.30. The molecule has 1 aliphatic rings. The lowest BCUT2D eigenvalue weighted by Crippen LogP contribution is -2.30. The average Bonchev–Trinajstić information content (AvgIpc) is 2.21. The van der Waals surface area contributed by atoms with Gasteiger partial charge in [-0.15, -0.1) is 0 Å². The molecule has 0 atom stereocenters. The largest absolute Gasteiger partial charge is 0.331 e. The van der Waals surface area contributed by atoms with E-state index in [-0.39, 0.29) is 17.0 Å². The molecule has 0 saturated heterocycles. The number of benzene rings is 1. The highest BCUT2D eigenvalue weighted by molar-refractivity contribution is 7.71. The van der Waals surface area contributed by atoms with Crippen molar-refractivity contribution in [3.05, 3.63) is 39.1 Å². The van der Waals surface area contributed by atoms with Crippen molar-refractivity contribution in [2.45, 2.75) is 25.3 Å². The first kappa shape index (κ1) is 10.7. The molecule has 0 unspecified atom stereocenters. The van der Waals surface area contributed by atoms with Gasteiger partial charge < -0.3 is 4.98 Å². The van der Waals surface area contributed by atoms with Gasteiger partial charge in [0.1, 0.15) is 5.82 Å². The summed E-state index contributed by atoms with van der Waals surface area (Å²) in [5.41, 5.74) is 0.155. The van der Waals surface area contributed by atoms with Gasteiger partial charge in [0.15, 0.2) is 4.77 Å². The second-order valence-corrected chi connectivity index (χ2v) is 4.74. The molecular weight excluding hydrogens is 239 g/mol. The van der Waals surface area contributed by atoms with Gasteiger partial charge in [0, 0.05) is 6.04 Å². The Morgan fingerprint density at radius 3 is 2.82 bits per heavy atom. The minimum absolute atomic E-state index is 0.105. The molecule has 1 aliphatic carbocycles. The van der Waals surface area contributed by atoms with Gasteiger partial charge in [-0.1, -0.05) is 6.07 Å². The minimum Gasteiger partial charge on any atom is -0.331 e. The number of fused-ring (bicyclic) bond motifs is 1. The third-order valence-corrected chi connectivity index (χ3v) is 3.65. The summed E-state index contributed by atoms with van der Waals surface area (Å²) in [4.78, 5) is 15.2. The number of aromatic amines is 1. The molecule has 2 aromatic rings. The van der Waals surface area contributed by atoms with Gasteiger partial charge >= 0.3 is 0 Å². The molecule has 0 radical (unpaired) electrons. The minimum atomic E-state index is -0.494. The van der Waals surface area contributed by atoms with E-state index in [0.717, 1.165) is 19.3 Å². The summed E-state index contributed by atoms with van der Waals surface area (Å²) < 4.78 is 15.6. The highest BCUT2D eigenvalue weighted by atomic mass is 32.1. The Balaban J connectivity index is 2.41. The van der Waals surface area contributed by atoms with E-state index in [4.69, 9.17) is 12.2 Å². The van der Waals surface area contributed by atoms with Crippen LogP contribution in [0.1, 0.15) is 25.3 Å². The fraction of sp³-hybridized carbons (Fsp3) is 0.333. The van der Waals surface area contributed by atoms with Gasteiger partial charge in [-0.05, 0) is 43.6 Å². The molecule has 5 heteroatoms. The zero-order chi connectivity index (χ0) is 12.0. The Labute approximate surface area is 102 Å². The van der Waals surface area contributed by atoms with E-state index in [0.29, 0.717) is 10.3 Å². The summed E-state index contributed by atoms with van der Waals surface area (Å²) in [5.74, 6) is -0.494. The number of aromatic nitrogens is 2. The van der Waals surface area contributed by atoms with Crippen LogP contribution in [0.2, 0.25) is 0 Å². The van der Waals surface area contributed by atoms with Crippen molar-refractivity contribution in [3.8, 4) is 0 Å². The monoisotopic (exact) mass is 250 g/mol. The molecular formula is C12H11FN2OS. The first-order chi connectivity index (χ1) is 8.18. The van der Waals surface area contributed by atoms with E-state index >= 15 is 0 Å². The molecule has 0 aliphatic heterocycles. The first-order valence-electron chi connectivity index (χ1n) is 5.61. The SMILES string of the molecule is O=c1c2c(F)cccc2[nH]c(=S)n1C1CCC1. The third-order valence-electron chi connectivity index (χ3n) is 3.35. The molecule has 0 spiro atoms. The topological polar surface area (TPSA) is 37.8 Å². The van der Waals surface area contributed by atoms with Crippen molar-refractivity contribution in [3.63, 3.8) is 0 Å². The lowest BCUT2D eigenvalue weighted by molar-refractivity contribution is 0.302. The Morgan fingerprint density at radius 1 is 1.41 bits per heavy atom. The first-order valence-corrected chi connectivity index (χ1v) is 6.02. The van der Waals surface area contributed by atoms with Gasteiger partial charge in [-0.2, -0.15) is 0 Å². The van der Waals surface area contributed by atoms with Crippen LogP contribution >= 0.6 is 12.2 Å². The van der Waals surface area contributed by atoms with E-state index in [1.807, 2.05) is 0 Å². The van der Waals surface area contributed by atoms with Gasteiger partial charge in [0.05, 0.1) is 10.9 Å². The Bertz CT molecular complexity index is 700. The van der Waals surface area contributed by atoms with Crippen molar-refractivity contribution in [1.29, 1.82) is 0 Å². The number of nitrogens with one attached hydrogen (secondary N) is 1. The molecule has 1 N–H and O–H groups in total. The van der Waals surface area contributed by atoms with Crippen molar-refractivity contribution in [2.75, 3.05) is 0 Å². The predicted octanol–water partition coefficient (Wildman–Crippen LogP) is 2.92. The lowest BCUT2D eigenvalue weighted by atomic mass is 9.93. The summed E-state index contributed by atoms with van der Waals surface area (Å²) in [6.45, 7) is 0. The summed E-state index contributed by atoms with van der Waals surface area (Å²) >= 11 is 5.17. The van der Waals surface area contributed by atoms with Gasteiger partial charge in [0.25, 0.3) is 5.56 Å². The van der Waals surface area contributed by atoms with E-state index < -0.39 is 5.82 Å². The van der Waals surface area contributed by atoms with Crippen LogP contribution in [-0.2, 0) is 0 Å². The molecule has 3 rings (SSSR count). The molecule has 0 bridgehead atoms. The number of H-pyrrole nitrogens is 1. The van der Waals surface area contributed by atoms with E-state index in [9.17, 15) is 9.18 Å². The van der Waals surface area contributed by atoms with Crippen LogP contribution in [0.25, 0.3) is 10.9 Å². The number of rotatable bonds is 1. The van der Waals surface area contributed by atoms with Crippen LogP contribution in [-0.4, -0.2) is 9.55 Å².